The maximum Gasteiger partial charge on any atom is 0 e. The summed E-state index contributed by atoms with van der Waals surface area (Å²) >= 11 is 0. The number of nitrogens with zero attached hydrogens (tertiary/aromatic N) is 2. The van der Waals surface area contributed by atoms with Crippen molar-refractivity contribution in [2.24, 2.45) is 0 Å². The van der Waals surface area contributed by atoms with Crippen LogP contribution in [0.4, 0.5) is 0 Å². The first-order valence-electron chi connectivity index (χ1n) is 3.21. The van der Waals surface area contributed by atoms with E-state index in [9.17, 15) is 0 Å². The van der Waals surface area contributed by atoms with E-state index < -0.39 is 0 Å². The largest absolute Gasteiger partial charge is 0.661 e. The Kier molecular flexibility index (Phi) is 5.76. The molecule has 0 N–H and O–H groups in total. The first kappa shape index (κ1) is 9.61. The number of hydrogen-bond acceptors (Lipinski definition) is 1. The summed E-state index contributed by atoms with van der Waals surface area (Å²) in [5.41, 5.74) is 0. The zero-order chi connectivity index (χ0) is 5.82. The number of rotatable bonds is 0. The molecule has 1 fully saturated rings. The molecule has 0 radical (unpaired) electrons. The Morgan fingerprint density at radius 1 is 1.22 bits per heavy atom. The van der Waals surface area contributed by atoms with Crippen molar-refractivity contribution >= 4 is 0 Å². The summed E-state index contributed by atoms with van der Waals surface area (Å²) in [5.74, 6) is 0. The molecule has 2 nitrogen and oxygen atoms in total. The van der Waals surface area contributed by atoms with Crippen LogP contribution in [-0.4, -0.2) is 38.1 Å². The van der Waals surface area contributed by atoms with Gasteiger partial charge in [0, 0.05) is 21.1 Å². The van der Waals surface area contributed by atoms with Gasteiger partial charge in [-0.2, -0.15) is 0 Å². The van der Waals surface area contributed by atoms with Crippen molar-refractivity contribution < 1.29 is 21.1 Å². The normalized spacial score (nSPS) is 22.3. The fourth-order valence-corrected chi connectivity index (χ4v) is 0.917. The molecule has 0 aromatic heterocycles. The minimum atomic E-state index is 0. The van der Waals surface area contributed by atoms with Crippen molar-refractivity contribution in [1.82, 2.24) is 4.90 Å². The van der Waals surface area contributed by atoms with E-state index in [1.165, 1.54) is 13.0 Å². The van der Waals surface area contributed by atoms with E-state index in [0.29, 0.717) is 0 Å². The first-order valence-corrected chi connectivity index (χ1v) is 3.21. The predicted molar refractivity (Wildman–Crippen MR) is 35.2 cm³/mol. The molecule has 54 valence electrons. The van der Waals surface area contributed by atoms with Crippen LogP contribution in [0, 0.1) is 0 Å². The molecule has 0 atom stereocenters. The van der Waals surface area contributed by atoms with Crippen molar-refractivity contribution in [3.63, 3.8) is 0 Å². The molecule has 0 amide bonds. The van der Waals surface area contributed by atoms with Gasteiger partial charge in [0.25, 0.3) is 0 Å². The molecule has 0 aromatic rings. The van der Waals surface area contributed by atoms with E-state index in [4.69, 9.17) is 0 Å². The molecule has 0 aromatic carbocycles. The van der Waals surface area contributed by atoms with Crippen LogP contribution in [-0.2, 0) is 21.1 Å². The molecule has 1 aliphatic rings. The zero-order valence-corrected chi connectivity index (χ0v) is 8.77. The van der Waals surface area contributed by atoms with Gasteiger partial charge in [0.15, 0.2) is 0 Å². The monoisotopic (exact) mass is 297 g/mol. The van der Waals surface area contributed by atoms with E-state index in [2.05, 4.69) is 17.3 Å². The summed E-state index contributed by atoms with van der Waals surface area (Å²) in [4.78, 5) is 2.33. The molecule has 9 heavy (non-hydrogen) atoms. The van der Waals surface area contributed by atoms with Crippen LogP contribution >= 0.6 is 0 Å². The summed E-state index contributed by atoms with van der Waals surface area (Å²) in [7, 11) is 2.15. The third-order valence-corrected chi connectivity index (χ3v) is 1.50. The molecule has 0 bridgehead atoms. The smallest absolute Gasteiger partial charge is 0 e. The van der Waals surface area contributed by atoms with Crippen LogP contribution < -0.4 is 0 Å². The molecule has 1 heterocycles. The van der Waals surface area contributed by atoms with Crippen LogP contribution in [0.3, 0.4) is 0 Å². The van der Waals surface area contributed by atoms with Gasteiger partial charge >= 0.3 is 0 Å². The standard InChI is InChI=1S/C6H13N2.W/c1-8-5-2-3-7-4-6-8;/h2-6H2,1H3;/q-1;. The van der Waals surface area contributed by atoms with Gasteiger partial charge in [-0.25, -0.2) is 0 Å². The van der Waals surface area contributed by atoms with Crippen molar-refractivity contribution in [3.8, 4) is 0 Å². The van der Waals surface area contributed by atoms with Crippen LogP contribution in [0.15, 0.2) is 0 Å². The molecule has 3 heteroatoms. The van der Waals surface area contributed by atoms with Gasteiger partial charge in [-0.05, 0) is 20.1 Å². The quantitative estimate of drug-likeness (QED) is 0.643. The Balaban J connectivity index is 0.000000640. The van der Waals surface area contributed by atoms with E-state index in [0.717, 1.165) is 19.6 Å². The molecule has 0 aliphatic carbocycles. The van der Waals surface area contributed by atoms with Gasteiger partial charge in [0.1, 0.15) is 0 Å². The van der Waals surface area contributed by atoms with Gasteiger partial charge in [0.05, 0.1) is 0 Å². The second-order valence-corrected chi connectivity index (χ2v) is 2.33. The maximum atomic E-state index is 4.28. The van der Waals surface area contributed by atoms with Crippen LogP contribution in [0.25, 0.3) is 5.32 Å². The van der Waals surface area contributed by atoms with Gasteiger partial charge in [-0.1, -0.05) is 6.42 Å². The SMILES string of the molecule is CN1CCC[N-]CC1.[W]. The molecule has 1 aliphatic heterocycles. The molecule has 1 rings (SSSR count). The molecular weight excluding hydrogens is 284 g/mol. The number of likely N-dealkylation sites (N-methyl/N-ethyl adjacent to an activating group) is 1. The Bertz CT molecular complexity index is 60.1. The van der Waals surface area contributed by atoms with Crippen molar-refractivity contribution in [3.05, 3.63) is 5.32 Å². The van der Waals surface area contributed by atoms with E-state index in [-0.39, 0.29) is 21.1 Å². The summed E-state index contributed by atoms with van der Waals surface area (Å²) in [6.07, 6.45) is 1.25. The summed E-state index contributed by atoms with van der Waals surface area (Å²) in [6, 6.07) is 0. The van der Waals surface area contributed by atoms with Crippen molar-refractivity contribution in [1.29, 1.82) is 0 Å². The summed E-state index contributed by atoms with van der Waals surface area (Å²) < 4.78 is 0. The van der Waals surface area contributed by atoms with Crippen molar-refractivity contribution in [2.45, 2.75) is 6.42 Å². The average Bonchev–Trinajstić information content (AvgIpc) is 1.94. The Morgan fingerprint density at radius 2 is 2.00 bits per heavy atom. The van der Waals surface area contributed by atoms with E-state index in [1.54, 1.807) is 0 Å². The second-order valence-electron chi connectivity index (χ2n) is 2.33. The Labute approximate surface area is 71.3 Å². The first-order chi connectivity index (χ1) is 3.89. The summed E-state index contributed by atoms with van der Waals surface area (Å²) in [5, 5.41) is 4.28. The minimum Gasteiger partial charge on any atom is -0.661 e. The molecule has 0 unspecified atom stereocenters. The molecule has 1 saturated heterocycles. The van der Waals surface area contributed by atoms with Gasteiger partial charge in [-0.3, -0.25) is 0 Å². The average molecular weight is 297 g/mol. The molecule has 0 spiro atoms. The fourth-order valence-electron chi connectivity index (χ4n) is 0.917. The third kappa shape index (κ3) is 4.07. The fraction of sp³-hybridized carbons (Fsp3) is 1.00. The van der Waals surface area contributed by atoms with Crippen molar-refractivity contribution in [2.75, 3.05) is 33.2 Å². The predicted octanol–water partition coefficient (Wildman–Crippen LogP) is 0.693. The van der Waals surface area contributed by atoms with E-state index in [1.807, 2.05) is 0 Å². The number of hydrogen-bond donors (Lipinski definition) is 0. The van der Waals surface area contributed by atoms with Crippen LogP contribution in [0.1, 0.15) is 6.42 Å². The minimum absolute atomic E-state index is 0. The maximum absolute atomic E-state index is 4.28. The Morgan fingerprint density at radius 3 is 2.78 bits per heavy atom. The van der Waals surface area contributed by atoms with Gasteiger partial charge in [-0.15, -0.1) is 13.1 Å². The third-order valence-electron chi connectivity index (χ3n) is 1.50. The zero-order valence-electron chi connectivity index (χ0n) is 5.84. The molecular formula is C6H13N2W-. The van der Waals surface area contributed by atoms with Gasteiger partial charge < -0.3 is 10.2 Å². The second kappa shape index (κ2) is 5.40. The van der Waals surface area contributed by atoms with Crippen LogP contribution in [0.2, 0.25) is 0 Å². The Hall–Kier alpha value is 0.608. The summed E-state index contributed by atoms with van der Waals surface area (Å²) in [6.45, 7) is 4.49. The van der Waals surface area contributed by atoms with E-state index >= 15 is 0 Å². The molecule has 0 saturated carbocycles. The van der Waals surface area contributed by atoms with Gasteiger partial charge in [0.2, 0.25) is 0 Å². The van der Waals surface area contributed by atoms with Crippen LogP contribution in [0.5, 0.6) is 0 Å². The topological polar surface area (TPSA) is 17.3 Å².